The molecular formula is C20H20N2OS. The van der Waals surface area contributed by atoms with Crippen LogP contribution in [0.15, 0.2) is 58.4 Å². The van der Waals surface area contributed by atoms with E-state index < -0.39 is 0 Å². The summed E-state index contributed by atoms with van der Waals surface area (Å²) in [4.78, 5) is 17.3. The molecule has 122 valence electrons. The standard InChI is InChI=1S/C20H20N2OS/c1-14-11-12-17-18(23)13-19(24-16-9-5-6-10-16)22(20(17)21-14)15-7-3-2-4-8-15/h2-4,7-8,11-13,16H,5-6,9-10H2,1H3. The second-order valence-electron chi connectivity index (χ2n) is 6.37. The van der Waals surface area contributed by atoms with Crippen LogP contribution in [0.3, 0.4) is 0 Å². The van der Waals surface area contributed by atoms with Gasteiger partial charge in [-0.15, -0.1) is 11.8 Å². The van der Waals surface area contributed by atoms with Crippen LogP contribution in [0, 0.1) is 6.92 Å². The Morgan fingerprint density at radius 1 is 1.08 bits per heavy atom. The average Bonchev–Trinajstić information content (AvgIpc) is 3.08. The molecule has 1 aliphatic carbocycles. The number of thioether (sulfide) groups is 1. The second kappa shape index (κ2) is 6.44. The van der Waals surface area contributed by atoms with Crippen LogP contribution in [0.2, 0.25) is 0 Å². The summed E-state index contributed by atoms with van der Waals surface area (Å²) in [7, 11) is 0. The Kier molecular flexibility index (Phi) is 4.15. The first-order valence-electron chi connectivity index (χ1n) is 8.48. The Bertz CT molecular complexity index is 928. The highest BCUT2D eigenvalue weighted by atomic mass is 32.2. The minimum absolute atomic E-state index is 0.0604. The third kappa shape index (κ3) is 2.86. The van der Waals surface area contributed by atoms with E-state index in [1.54, 1.807) is 6.07 Å². The van der Waals surface area contributed by atoms with Crippen molar-refractivity contribution >= 4 is 22.8 Å². The summed E-state index contributed by atoms with van der Waals surface area (Å²) in [6.07, 6.45) is 5.04. The van der Waals surface area contributed by atoms with Gasteiger partial charge in [-0.3, -0.25) is 9.36 Å². The van der Waals surface area contributed by atoms with Crippen LogP contribution in [0.25, 0.3) is 16.7 Å². The zero-order valence-electron chi connectivity index (χ0n) is 13.7. The third-order valence-electron chi connectivity index (χ3n) is 4.57. The molecule has 0 N–H and O–H groups in total. The molecule has 1 aromatic carbocycles. The van der Waals surface area contributed by atoms with Crippen LogP contribution in [-0.2, 0) is 0 Å². The van der Waals surface area contributed by atoms with Gasteiger partial charge >= 0.3 is 0 Å². The van der Waals surface area contributed by atoms with Crippen molar-refractivity contribution in [1.82, 2.24) is 9.55 Å². The molecule has 1 aliphatic rings. The lowest BCUT2D eigenvalue weighted by atomic mass is 10.2. The number of fused-ring (bicyclic) bond motifs is 1. The summed E-state index contributed by atoms with van der Waals surface area (Å²) in [5.41, 5.74) is 2.80. The molecule has 0 amide bonds. The van der Waals surface area contributed by atoms with Crippen molar-refractivity contribution in [3.05, 3.63) is 64.4 Å². The molecule has 0 unspecified atom stereocenters. The summed E-state index contributed by atoms with van der Waals surface area (Å²) in [5, 5.41) is 2.28. The predicted molar refractivity (Wildman–Crippen MR) is 100 cm³/mol. The SMILES string of the molecule is Cc1ccc2c(=O)cc(SC3CCCC3)n(-c3ccccc3)c2n1. The van der Waals surface area contributed by atoms with Crippen LogP contribution >= 0.6 is 11.8 Å². The highest BCUT2D eigenvalue weighted by Gasteiger charge is 2.20. The number of hydrogen-bond acceptors (Lipinski definition) is 3. The highest BCUT2D eigenvalue weighted by molar-refractivity contribution is 7.99. The van der Waals surface area contributed by atoms with Gasteiger partial charge in [-0.2, -0.15) is 0 Å². The maximum Gasteiger partial charge on any atom is 0.192 e. The second-order valence-corrected chi connectivity index (χ2v) is 7.69. The van der Waals surface area contributed by atoms with E-state index in [4.69, 9.17) is 4.98 Å². The van der Waals surface area contributed by atoms with Crippen LogP contribution in [-0.4, -0.2) is 14.8 Å². The Labute approximate surface area is 145 Å². The number of nitrogens with zero attached hydrogens (tertiary/aromatic N) is 2. The lowest BCUT2D eigenvalue weighted by molar-refractivity contribution is 0.881. The topological polar surface area (TPSA) is 34.9 Å². The minimum atomic E-state index is 0.0604. The van der Waals surface area contributed by atoms with E-state index in [1.165, 1.54) is 25.7 Å². The van der Waals surface area contributed by atoms with E-state index in [0.29, 0.717) is 10.6 Å². The monoisotopic (exact) mass is 336 g/mol. The fraction of sp³-hybridized carbons (Fsp3) is 0.300. The van der Waals surface area contributed by atoms with Crippen molar-refractivity contribution in [2.24, 2.45) is 0 Å². The van der Waals surface area contributed by atoms with Gasteiger partial charge in [0.1, 0.15) is 5.65 Å². The number of para-hydroxylation sites is 1. The van der Waals surface area contributed by atoms with Gasteiger partial charge < -0.3 is 0 Å². The van der Waals surface area contributed by atoms with Gasteiger partial charge in [0.15, 0.2) is 5.43 Å². The summed E-state index contributed by atoms with van der Waals surface area (Å²) < 4.78 is 2.15. The Morgan fingerprint density at radius 3 is 2.58 bits per heavy atom. The molecule has 1 fully saturated rings. The summed E-state index contributed by atoms with van der Waals surface area (Å²) in [6.45, 7) is 1.97. The number of rotatable bonds is 3. The zero-order chi connectivity index (χ0) is 16.5. The number of benzene rings is 1. The molecular weight excluding hydrogens is 316 g/mol. The zero-order valence-corrected chi connectivity index (χ0v) is 14.6. The van der Waals surface area contributed by atoms with Crippen molar-refractivity contribution in [2.75, 3.05) is 0 Å². The molecule has 2 heterocycles. The van der Waals surface area contributed by atoms with Gasteiger partial charge in [0.2, 0.25) is 0 Å². The van der Waals surface area contributed by atoms with Crippen molar-refractivity contribution in [3.63, 3.8) is 0 Å². The number of pyridine rings is 2. The molecule has 0 atom stereocenters. The predicted octanol–water partition coefficient (Wildman–Crippen LogP) is 4.73. The molecule has 0 bridgehead atoms. The first-order valence-corrected chi connectivity index (χ1v) is 9.36. The van der Waals surface area contributed by atoms with Crippen LogP contribution in [0.4, 0.5) is 0 Å². The van der Waals surface area contributed by atoms with E-state index in [1.807, 2.05) is 49.0 Å². The van der Waals surface area contributed by atoms with E-state index >= 15 is 0 Å². The van der Waals surface area contributed by atoms with E-state index in [9.17, 15) is 4.79 Å². The highest BCUT2D eigenvalue weighted by Crippen LogP contribution is 2.36. The molecule has 0 saturated heterocycles. The van der Waals surface area contributed by atoms with Crippen molar-refractivity contribution < 1.29 is 0 Å². The van der Waals surface area contributed by atoms with Gasteiger partial charge in [0.05, 0.1) is 10.4 Å². The van der Waals surface area contributed by atoms with Crippen LogP contribution in [0.5, 0.6) is 0 Å². The summed E-state index contributed by atoms with van der Waals surface area (Å²) in [5.74, 6) is 0. The molecule has 3 nitrogen and oxygen atoms in total. The van der Waals surface area contributed by atoms with Crippen molar-refractivity contribution in [3.8, 4) is 5.69 Å². The fourth-order valence-electron chi connectivity index (χ4n) is 3.35. The molecule has 4 heteroatoms. The van der Waals surface area contributed by atoms with E-state index in [-0.39, 0.29) is 5.43 Å². The molecule has 3 aromatic rings. The van der Waals surface area contributed by atoms with Crippen LogP contribution in [0.1, 0.15) is 31.4 Å². The minimum Gasteiger partial charge on any atom is -0.289 e. The number of hydrogen-bond donors (Lipinski definition) is 0. The van der Waals surface area contributed by atoms with Gasteiger partial charge in [-0.25, -0.2) is 4.98 Å². The lowest BCUT2D eigenvalue weighted by Crippen LogP contribution is -2.13. The molecule has 4 rings (SSSR count). The quantitative estimate of drug-likeness (QED) is 0.693. The van der Waals surface area contributed by atoms with Crippen molar-refractivity contribution in [2.45, 2.75) is 42.9 Å². The molecule has 2 aromatic heterocycles. The molecule has 0 radical (unpaired) electrons. The molecule has 0 spiro atoms. The van der Waals surface area contributed by atoms with Gasteiger partial charge in [0.25, 0.3) is 0 Å². The van der Waals surface area contributed by atoms with Gasteiger partial charge in [-0.05, 0) is 44.0 Å². The summed E-state index contributed by atoms with van der Waals surface area (Å²) in [6, 6.07) is 15.8. The molecule has 1 saturated carbocycles. The van der Waals surface area contributed by atoms with E-state index in [0.717, 1.165) is 22.1 Å². The first-order chi connectivity index (χ1) is 11.7. The third-order valence-corrected chi connectivity index (χ3v) is 5.92. The maximum absolute atomic E-state index is 12.6. The van der Waals surface area contributed by atoms with Gasteiger partial charge in [-0.1, -0.05) is 31.0 Å². The smallest absolute Gasteiger partial charge is 0.192 e. The largest absolute Gasteiger partial charge is 0.289 e. The Hall–Kier alpha value is -2.07. The van der Waals surface area contributed by atoms with E-state index in [2.05, 4.69) is 16.7 Å². The van der Waals surface area contributed by atoms with Crippen molar-refractivity contribution in [1.29, 1.82) is 0 Å². The first kappa shape index (κ1) is 15.5. The van der Waals surface area contributed by atoms with Crippen LogP contribution < -0.4 is 5.43 Å². The molecule has 24 heavy (non-hydrogen) atoms. The normalized spacial score (nSPS) is 15.2. The fourth-order valence-corrected chi connectivity index (χ4v) is 4.74. The Balaban J connectivity index is 1.97. The molecule has 0 aliphatic heterocycles. The average molecular weight is 336 g/mol. The lowest BCUT2D eigenvalue weighted by Gasteiger charge is -2.18. The Morgan fingerprint density at radius 2 is 1.83 bits per heavy atom. The summed E-state index contributed by atoms with van der Waals surface area (Å²) >= 11 is 1.83. The number of aromatic nitrogens is 2. The maximum atomic E-state index is 12.6. The number of aryl methyl sites for hydroxylation is 1. The van der Waals surface area contributed by atoms with Gasteiger partial charge in [0, 0.05) is 22.7 Å².